The molecule has 26 heavy (non-hydrogen) atoms. The molecule has 1 aliphatic rings. The van der Waals surface area contributed by atoms with Crippen molar-refractivity contribution in [2.24, 2.45) is 0 Å². The lowest BCUT2D eigenvalue weighted by Gasteiger charge is -2.14. The number of phenolic OH excluding ortho intramolecular Hbond substituents is 1. The SMILES string of the molecule is COc1ccc(OC)c(NC(=O)C2CC(c3cc(C)ccc3O)NN2)c1. The summed E-state index contributed by atoms with van der Waals surface area (Å²) in [5, 5.41) is 12.9. The second-order valence-electron chi connectivity index (χ2n) is 6.25. The van der Waals surface area contributed by atoms with Crippen LogP contribution in [0.4, 0.5) is 5.69 Å². The largest absolute Gasteiger partial charge is 0.508 e. The number of anilines is 1. The predicted molar refractivity (Wildman–Crippen MR) is 98.4 cm³/mol. The third-order valence-electron chi connectivity index (χ3n) is 4.44. The summed E-state index contributed by atoms with van der Waals surface area (Å²) in [4.78, 5) is 12.6. The van der Waals surface area contributed by atoms with Crippen LogP contribution < -0.4 is 25.6 Å². The molecule has 0 aromatic heterocycles. The van der Waals surface area contributed by atoms with E-state index in [1.165, 1.54) is 0 Å². The molecule has 1 aliphatic heterocycles. The number of phenols is 1. The molecule has 0 radical (unpaired) electrons. The van der Waals surface area contributed by atoms with Crippen LogP contribution in [0.3, 0.4) is 0 Å². The van der Waals surface area contributed by atoms with Crippen LogP contribution in [-0.4, -0.2) is 31.3 Å². The average molecular weight is 357 g/mol. The van der Waals surface area contributed by atoms with Gasteiger partial charge in [0.2, 0.25) is 5.91 Å². The number of hydrazine groups is 1. The molecule has 0 spiro atoms. The van der Waals surface area contributed by atoms with Crippen molar-refractivity contribution >= 4 is 11.6 Å². The standard InChI is InChI=1S/C19H23N3O4/c1-11-4-6-17(23)13(8-11)14-10-16(22-21-14)19(24)20-15-9-12(25-2)5-7-18(15)26-3/h4-9,14,16,21-23H,10H2,1-3H3,(H,20,24). The number of carbonyl (C=O) groups is 1. The number of benzene rings is 2. The second kappa shape index (κ2) is 7.63. The number of hydrogen-bond acceptors (Lipinski definition) is 6. The number of hydrogen-bond donors (Lipinski definition) is 4. The van der Waals surface area contributed by atoms with Gasteiger partial charge >= 0.3 is 0 Å². The van der Waals surface area contributed by atoms with Gasteiger partial charge in [0.25, 0.3) is 0 Å². The van der Waals surface area contributed by atoms with Gasteiger partial charge in [-0.25, -0.2) is 10.9 Å². The molecule has 2 atom stereocenters. The highest BCUT2D eigenvalue weighted by Gasteiger charge is 2.31. The topological polar surface area (TPSA) is 91.9 Å². The third-order valence-corrected chi connectivity index (χ3v) is 4.44. The van der Waals surface area contributed by atoms with Crippen LogP contribution in [0.25, 0.3) is 0 Å². The highest BCUT2D eigenvalue weighted by atomic mass is 16.5. The Labute approximate surface area is 152 Å². The number of aromatic hydroxyl groups is 1. The van der Waals surface area contributed by atoms with Crippen LogP contribution in [0.15, 0.2) is 36.4 Å². The van der Waals surface area contributed by atoms with Gasteiger partial charge < -0.3 is 19.9 Å². The molecule has 2 unspecified atom stereocenters. The van der Waals surface area contributed by atoms with Crippen LogP contribution >= 0.6 is 0 Å². The molecule has 7 heteroatoms. The predicted octanol–water partition coefficient (Wildman–Crippen LogP) is 2.26. The van der Waals surface area contributed by atoms with E-state index in [-0.39, 0.29) is 17.7 Å². The average Bonchev–Trinajstić information content (AvgIpc) is 3.13. The Morgan fingerprint density at radius 2 is 1.96 bits per heavy atom. The zero-order valence-electron chi connectivity index (χ0n) is 15.0. The molecule has 138 valence electrons. The zero-order chi connectivity index (χ0) is 18.7. The molecule has 2 aromatic rings. The number of carbonyl (C=O) groups excluding carboxylic acids is 1. The summed E-state index contributed by atoms with van der Waals surface area (Å²) in [7, 11) is 3.11. The first kappa shape index (κ1) is 18.0. The van der Waals surface area contributed by atoms with Crippen molar-refractivity contribution in [3.63, 3.8) is 0 Å². The second-order valence-corrected chi connectivity index (χ2v) is 6.25. The molecule has 7 nitrogen and oxygen atoms in total. The Hall–Kier alpha value is -2.77. The van der Waals surface area contributed by atoms with Crippen LogP contribution in [0.5, 0.6) is 17.2 Å². The molecule has 2 aromatic carbocycles. The first-order valence-electron chi connectivity index (χ1n) is 8.35. The van der Waals surface area contributed by atoms with Crippen molar-refractivity contribution in [2.45, 2.75) is 25.4 Å². The molecular formula is C19H23N3O4. The molecule has 3 rings (SSSR count). The van der Waals surface area contributed by atoms with Gasteiger partial charge in [-0.3, -0.25) is 4.79 Å². The number of amides is 1. The van der Waals surface area contributed by atoms with Crippen LogP contribution in [0.1, 0.15) is 23.6 Å². The van der Waals surface area contributed by atoms with Crippen molar-refractivity contribution in [1.82, 2.24) is 10.9 Å². The summed E-state index contributed by atoms with van der Waals surface area (Å²) in [5.74, 6) is 1.20. The number of aryl methyl sites for hydroxylation is 1. The molecule has 0 bridgehead atoms. The van der Waals surface area contributed by atoms with Gasteiger partial charge in [-0.05, 0) is 31.5 Å². The van der Waals surface area contributed by atoms with Crippen molar-refractivity contribution in [3.8, 4) is 17.2 Å². The molecule has 1 saturated heterocycles. The maximum absolute atomic E-state index is 12.6. The van der Waals surface area contributed by atoms with E-state index in [4.69, 9.17) is 9.47 Å². The Morgan fingerprint density at radius 3 is 2.69 bits per heavy atom. The molecule has 0 saturated carbocycles. The highest BCUT2D eigenvalue weighted by molar-refractivity contribution is 5.96. The fourth-order valence-corrected chi connectivity index (χ4v) is 3.02. The first-order chi connectivity index (χ1) is 12.5. The Kier molecular flexibility index (Phi) is 5.29. The smallest absolute Gasteiger partial charge is 0.243 e. The summed E-state index contributed by atoms with van der Waals surface area (Å²) >= 11 is 0. The lowest BCUT2D eigenvalue weighted by Crippen LogP contribution is -2.39. The first-order valence-corrected chi connectivity index (χ1v) is 8.35. The number of methoxy groups -OCH3 is 2. The number of ether oxygens (including phenoxy) is 2. The van der Waals surface area contributed by atoms with Gasteiger partial charge in [0.05, 0.1) is 25.9 Å². The van der Waals surface area contributed by atoms with E-state index < -0.39 is 6.04 Å². The van der Waals surface area contributed by atoms with Crippen molar-refractivity contribution in [3.05, 3.63) is 47.5 Å². The summed E-state index contributed by atoms with van der Waals surface area (Å²) in [6.07, 6.45) is 0.509. The monoisotopic (exact) mass is 357 g/mol. The molecular weight excluding hydrogens is 334 g/mol. The van der Waals surface area contributed by atoms with Gasteiger partial charge in [-0.1, -0.05) is 17.7 Å². The van der Waals surface area contributed by atoms with Gasteiger partial charge in [0.1, 0.15) is 23.3 Å². The summed E-state index contributed by atoms with van der Waals surface area (Å²) in [6, 6.07) is 10.0. The summed E-state index contributed by atoms with van der Waals surface area (Å²) in [5.41, 5.74) is 8.44. The van der Waals surface area contributed by atoms with E-state index in [9.17, 15) is 9.90 Å². The number of rotatable bonds is 5. The minimum absolute atomic E-state index is 0.155. The van der Waals surface area contributed by atoms with Gasteiger partial charge in [-0.2, -0.15) is 0 Å². The van der Waals surface area contributed by atoms with E-state index in [0.29, 0.717) is 23.6 Å². The molecule has 1 heterocycles. The quantitative estimate of drug-likeness (QED) is 0.656. The maximum atomic E-state index is 12.6. The minimum atomic E-state index is -0.448. The van der Waals surface area contributed by atoms with E-state index in [0.717, 1.165) is 11.1 Å². The van der Waals surface area contributed by atoms with Gasteiger partial charge in [0.15, 0.2) is 0 Å². The highest BCUT2D eigenvalue weighted by Crippen LogP contribution is 2.32. The fraction of sp³-hybridized carbons (Fsp3) is 0.316. The summed E-state index contributed by atoms with van der Waals surface area (Å²) < 4.78 is 10.5. The third kappa shape index (κ3) is 3.74. The van der Waals surface area contributed by atoms with E-state index in [1.807, 2.05) is 19.1 Å². The van der Waals surface area contributed by atoms with E-state index in [2.05, 4.69) is 16.2 Å². The van der Waals surface area contributed by atoms with Crippen LogP contribution in [0.2, 0.25) is 0 Å². The lowest BCUT2D eigenvalue weighted by molar-refractivity contribution is -0.117. The fourth-order valence-electron chi connectivity index (χ4n) is 3.02. The van der Waals surface area contributed by atoms with Crippen molar-refractivity contribution < 1.29 is 19.4 Å². The minimum Gasteiger partial charge on any atom is -0.508 e. The van der Waals surface area contributed by atoms with Crippen molar-refractivity contribution in [2.75, 3.05) is 19.5 Å². The molecule has 0 aliphatic carbocycles. The lowest BCUT2D eigenvalue weighted by atomic mass is 9.99. The molecule has 1 amide bonds. The molecule has 1 fully saturated rings. The van der Waals surface area contributed by atoms with Crippen molar-refractivity contribution in [1.29, 1.82) is 0 Å². The normalized spacial score (nSPS) is 19.2. The Morgan fingerprint density at radius 1 is 1.15 bits per heavy atom. The molecule has 4 N–H and O–H groups in total. The zero-order valence-corrected chi connectivity index (χ0v) is 15.0. The number of nitrogens with one attached hydrogen (secondary N) is 3. The summed E-state index contributed by atoms with van der Waals surface area (Å²) in [6.45, 7) is 1.96. The Bertz CT molecular complexity index is 809. The van der Waals surface area contributed by atoms with E-state index in [1.54, 1.807) is 38.5 Å². The Balaban J connectivity index is 1.71. The van der Waals surface area contributed by atoms with Crippen LogP contribution in [0, 0.1) is 6.92 Å². The van der Waals surface area contributed by atoms with E-state index >= 15 is 0 Å². The van der Waals surface area contributed by atoms with Gasteiger partial charge in [-0.15, -0.1) is 0 Å². The van der Waals surface area contributed by atoms with Gasteiger partial charge in [0, 0.05) is 11.6 Å². The van der Waals surface area contributed by atoms with Crippen LogP contribution in [-0.2, 0) is 4.79 Å². The maximum Gasteiger partial charge on any atom is 0.243 e.